The normalized spacial score (nSPS) is 10.6. The minimum Gasteiger partial charge on any atom is -0.497 e. The number of hydrogen-bond donors (Lipinski definition) is 0. The average molecular weight is 312 g/mol. The Balaban J connectivity index is 2.21. The molecular weight excluding hydrogens is 296 g/mol. The zero-order chi connectivity index (χ0) is 16.4. The minimum absolute atomic E-state index is 0.364. The van der Waals surface area contributed by atoms with Crippen LogP contribution in [0.4, 0.5) is 0 Å². The Kier molecular flexibility index (Phi) is 3.89. The summed E-state index contributed by atoms with van der Waals surface area (Å²) in [4.78, 5) is 12.1. The zero-order valence-electron chi connectivity index (χ0n) is 13.1. The lowest BCUT2D eigenvalue weighted by molar-refractivity contribution is 0.0600. The first-order valence-electron chi connectivity index (χ1n) is 7.01. The van der Waals surface area contributed by atoms with Crippen molar-refractivity contribution >= 4 is 5.97 Å². The van der Waals surface area contributed by atoms with Gasteiger partial charge in [0.05, 0.1) is 37.4 Å². The van der Waals surface area contributed by atoms with Crippen molar-refractivity contribution < 1.29 is 18.7 Å². The molecule has 0 spiro atoms. The summed E-state index contributed by atoms with van der Waals surface area (Å²) >= 11 is 0. The number of ether oxygens (including phenoxy) is 2. The smallest absolute Gasteiger partial charge is 0.340 e. The van der Waals surface area contributed by atoms with Gasteiger partial charge < -0.3 is 13.9 Å². The number of aryl methyl sites for hydroxylation is 1. The van der Waals surface area contributed by atoms with Gasteiger partial charge in [-0.15, -0.1) is 0 Å². The van der Waals surface area contributed by atoms with Crippen LogP contribution in [0.1, 0.15) is 16.1 Å². The number of aromatic nitrogens is 2. The maximum Gasteiger partial charge on any atom is 0.340 e. The molecule has 0 aliphatic heterocycles. The molecular formula is C17H16N2O4. The molecule has 118 valence electrons. The summed E-state index contributed by atoms with van der Waals surface area (Å²) in [6.07, 6.45) is 1.59. The molecule has 0 N–H and O–H groups in total. The molecule has 0 saturated heterocycles. The van der Waals surface area contributed by atoms with Crippen molar-refractivity contribution in [1.82, 2.24) is 9.78 Å². The monoisotopic (exact) mass is 312 g/mol. The topological polar surface area (TPSA) is 66.5 Å². The molecule has 1 aromatic carbocycles. The molecule has 6 nitrogen and oxygen atoms in total. The fourth-order valence-electron chi connectivity index (χ4n) is 2.38. The molecule has 0 aliphatic rings. The van der Waals surface area contributed by atoms with Crippen molar-refractivity contribution in [3.8, 4) is 22.9 Å². The summed E-state index contributed by atoms with van der Waals surface area (Å²) in [7, 11) is 2.88. The van der Waals surface area contributed by atoms with Gasteiger partial charge in [-0.1, -0.05) is 0 Å². The van der Waals surface area contributed by atoms with Gasteiger partial charge >= 0.3 is 5.97 Å². The van der Waals surface area contributed by atoms with Crippen LogP contribution in [0, 0.1) is 6.92 Å². The van der Waals surface area contributed by atoms with Gasteiger partial charge in [-0.05, 0) is 43.3 Å². The third-order valence-electron chi connectivity index (χ3n) is 3.44. The highest BCUT2D eigenvalue weighted by Gasteiger charge is 2.19. The Labute approximate surface area is 133 Å². The van der Waals surface area contributed by atoms with Gasteiger partial charge in [-0.3, -0.25) is 0 Å². The fourth-order valence-corrected chi connectivity index (χ4v) is 2.38. The molecule has 0 atom stereocenters. The van der Waals surface area contributed by atoms with E-state index in [4.69, 9.17) is 13.9 Å². The van der Waals surface area contributed by atoms with Crippen molar-refractivity contribution in [2.24, 2.45) is 0 Å². The van der Waals surface area contributed by atoms with E-state index < -0.39 is 5.97 Å². The number of benzene rings is 1. The predicted octanol–water partition coefficient (Wildman–Crippen LogP) is 3.24. The highest BCUT2D eigenvalue weighted by Crippen LogP contribution is 2.28. The second-order valence-corrected chi connectivity index (χ2v) is 4.93. The SMILES string of the molecule is COC(=O)c1cc(OC)ccc1-n1nc(C)cc1-c1ccco1. The highest BCUT2D eigenvalue weighted by atomic mass is 16.5. The number of rotatable bonds is 4. The van der Waals surface area contributed by atoms with Crippen LogP contribution in [-0.2, 0) is 4.74 Å². The van der Waals surface area contributed by atoms with Gasteiger partial charge in [0.1, 0.15) is 11.4 Å². The summed E-state index contributed by atoms with van der Waals surface area (Å²) < 4.78 is 17.2. The van der Waals surface area contributed by atoms with Crippen LogP contribution in [0.3, 0.4) is 0 Å². The number of esters is 1. The first-order valence-corrected chi connectivity index (χ1v) is 7.01. The molecule has 2 aromatic heterocycles. The first kappa shape index (κ1) is 14.9. The summed E-state index contributed by atoms with van der Waals surface area (Å²) in [5.74, 6) is 0.771. The number of carbonyl (C=O) groups excluding carboxylic acids is 1. The lowest BCUT2D eigenvalue weighted by Gasteiger charge is -2.12. The Hall–Kier alpha value is -3.02. The molecule has 0 saturated carbocycles. The largest absolute Gasteiger partial charge is 0.497 e. The van der Waals surface area contributed by atoms with Gasteiger partial charge in [0.2, 0.25) is 0 Å². The van der Waals surface area contributed by atoms with E-state index in [1.807, 2.05) is 19.1 Å². The Bertz CT molecular complexity index is 834. The van der Waals surface area contributed by atoms with E-state index >= 15 is 0 Å². The van der Waals surface area contributed by atoms with Gasteiger partial charge in [0.25, 0.3) is 0 Å². The molecule has 2 heterocycles. The second kappa shape index (κ2) is 6.00. The number of methoxy groups -OCH3 is 2. The lowest BCUT2D eigenvalue weighted by atomic mass is 10.1. The Morgan fingerprint density at radius 3 is 2.70 bits per heavy atom. The van der Waals surface area contributed by atoms with Gasteiger partial charge in [-0.2, -0.15) is 5.10 Å². The van der Waals surface area contributed by atoms with E-state index in [0.717, 1.165) is 11.4 Å². The zero-order valence-corrected chi connectivity index (χ0v) is 13.1. The summed E-state index contributed by atoms with van der Waals surface area (Å²) in [5, 5.41) is 4.48. The number of furan rings is 1. The quantitative estimate of drug-likeness (QED) is 0.692. The van der Waals surface area contributed by atoms with E-state index in [2.05, 4.69) is 5.10 Å². The third-order valence-corrected chi connectivity index (χ3v) is 3.44. The van der Waals surface area contributed by atoms with Gasteiger partial charge in [0.15, 0.2) is 5.76 Å². The summed E-state index contributed by atoms with van der Waals surface area (Å²) in [5.41, 5.74) is 2.52. The molecule has 3 rings (SSSR count). The fraction of sp³-hybridized carbons (Fsp3) is 0.176. The average Bonchev–Trinajstić information content (AvgIpc) is 3.22. The third kappa shape index (κ3) is 2.70. The van der Waals surface area contributed by atoms with Crippen molar-refractivity contribution in [3.63, 3.8) is 0 Å². The highest BCUT2D eigenvalue weighted by molar-refractivity contribution is 5.94. The van der Waals surface area contributed by atoms with Crippen molar-refractivity contribution in [2.75, 3.05) is 14.2 Å². The van der Waals surface area contributed by atoms with E-state index in [1.54, 1.807) is 42.3 Å². The van der Waals surface area contributed by atoms with Crippen molar-refractivity contribution in [1.29, 1.82) is 0 Å². The number of carbonyl (C=O) groups is 1. The summed E-state index contributed by atoms with van der Waals surface area (Å²) in [6.45, 7) is 1.88. The molecule has 0 fully saturated rings. The van der Waals surface area contributed by atoms with Crippen molar-refractivity contribution in [3.05, 3.63) is 53.9 Å². The molecule has 0 unspecified atom stereocenters. The number of hydrogen-bond acceptors (Lipinski definition) is 5. The lowest BCUT2D eigenvalue weighted by Crippen LogP contribution is -2.10. The number of nitrogens with zero attached hydrogens (tertiary/aromatic N) is 2. The Morgan fingerprint density at radius 2 is 2.04 bits per heavy atom. The maximum absolute atomic E-state index is 12.1. The van der Waals surface area contributed by atoms with Crippen LogP contribution < -0.4 is 4.74 Å². The van der Waals surface area contributed by atoms with E-state index in [9.17, 15) is 4.79 Å². The molecule has 3 aromatic rings. The van der Waals surface area contributed by atoms with Crippen LogP contribution in [0.5, 0.6) is 5.75 Å². The molecule has 0 radical (unpaired) electrons. The van der Waals surface area contributed by atoms with Crippen LogP contribution in [0.25, 0.3) is 17.1 Å². The van der Waals surface area contributed by atoms with Crippen LogP contribution in [-0.4, -0.2) is 30.0 Å². The van der Waals surface area contributed by atoms with Gasteiger partial charge in [-0.25, -0.2) is 9.48 Å². The maximum atomic E-state index is 12.1. The molecule has 23 heavy (non-hydrogen) atoms. The minimum atomic E-state index is -0.461. The molecule has 6 heteroatoms. The van der Waals surface area contributed by atoms with E-state index in [0.29, 0.717) is 22.8 Å². The van der Waals surface area contributed by atoms with Gasteiger partial charge in [0, 0.05) is 0 Å². The molecule has 0 amide bonds. The molecule has 0 bridgehead atoms. The predicted molar refractivity (Wildman–Crippen MR) is 83.9 cm³/mol. The first-order chi connectivity index (χ1) is 11.1. The van der Waals surface area contributed by atoms with Crippen LogP contribution in [0.15, 0.2) is 47.1 Å². The van der Waals surface area contributed by atoms with E-state index in [-0.39, 0.29) is 0 Å². The van der Waals surface area contributed by atoms with Crippen LogP contribution >= 0.6 is 0 Å². The van der Waals surface area contributed by atoms with Crippen molar-refractivity contribution in [2.45, 2.75) is 6.92 Å². The standard InChI is InChI=1S/C17H16N2O4/c1-11-9-15(16-5-4-8-23-16)19(18-11)14-7-6-12(21-2)10-13(14)17(20)22-3/h4-10H,1-3H3. The Morgan fingerprint density at radius 1 is 1.22 bits per heavy atom. The van der Waals surface area contributed by atoms with E-state index in [1.165, 1.54) is 7.11 Å². The summed E-state index contributed by atoms with van der Waals surface area (Å²) in [6, 6.07) is 10.7. The second-order valence-electron chi connectivity index (χ2n) is 4.93. The van der Waals surface area contributed by atoms with Crippen LogP contribution in [0.2, 0.25) is 0 Å². The molecule has 0 aliphatic carbocycles.